The average molecular weight is 248 g/mol. The van der Waals surface area contributed by atoms with Gasteiger partial charge in [0.05, 0.1) is 14.3 Å². The minimum Gasteiger partial charge on any atom is -0.453 e. The zero-order valence-electron chi connectivity index (χ0n) is 10.3. The Balaban J connectivity index is 2.27. The van der Waals surface area contributed by atoms with Crippen molar-refractivity contribution in [3.63, 3.8) is 0 Å². The fourth-order valence-corrected chi connectivity index (χ4v) is 2.43. The van der Waals surface area contributed by atoms with E-state index in [0.29, 0.717) is 13.1 Å². The van der Waals surface area contributed by atoms with E-state index in [4.69, 9.17) is 0 Å². The van der Waals surface area contributed by atoms with Gasteiger partial charge in [-0.25, -0.2) is 4.79 Å². The number of carbonyl (C=O) groups excluding carboxylic acids is 1. The van der Waals surface area contributed by atoms with Crippen LogP contribution in [0.25, 0.3) is 0 Å². The second kappa shape index (κ2) is 5.69. The SMILES string of the molecule is COC(=O)N1CCN(CCP(C)(C)=O)CC1. The summed E-state index contributed by atoms with van der Waals surface area (Å²) in [5, 5.41) is 0. The predicted molar refractivity (Wildman–Crippen MR) is 64.7 cm³/mol. The van der Waals surface area contributed by atoms with Crippen LogP contribution in [0.5, 0.6) is 0 Å². The van der Waals surface area contributed by atoms with Gasteiger partial charge in [0.15, 0.2) is 0 Å². The molecule has 5 nitrogen and oxygen atoms in total. The standard InChI is InChI=1S/C10H21N2O3P/c1-15-10(13)12-6-4-11(5-7-12)8-9-16(2,3)14/h4-9H2,1-3H3. The van der Waals surface area contributed by atoms with E-state index in [1.165, 1.54) is 7.11 Å². The molecule has 0 saturated carbocycles. The molecule has 1 heterocycles. The van der Waals surface area contributed by atoms with Crippen molar-refractivity contribution in [2.45, 2.75) is 0 Å². The Morgan fingerprint density at radius 2 is 1.81 bits per heavy atom. The lowest BCUT2D eigenvalue weighted by Gasteiger charge is -2.34. The minimum atomic E-state index is -1.92. The molecule has 1 aliphatic rings. The summed E-state index contributed by atoms with van der Waals surface area (Å²) in [6.45, 7) is 7.58. The molecule has 1 rings (SSSR count). The Hall–Kier alpha value is -0.540. The lowest BCUT2D eigenvalue weighted by molar-refractivity contribution is 0.0929. The summed E-state index contributed by atoms with van der Waals surface area (Å²) >= 11 is 0. The van der Waals surface area contributed by atoms with Crippen molar-refractivity contribution >= 4 is 13.2 Å². The summed E-state index contributed by atoms with van der Waals surface area (Å²) in [5.41, 5.74) is 0. The topological polar surface area (TPSA) is 49.9 Å². The molecule has 0 unspecified atom stereocenters. The first-order valence-electron chi connectivity index (χ1n) is 5.51. The highest BCUT2D eigenvalue weighted by Crippen LogP contribution is 2.35. The van der Waals surface area contributed by atoms with E-state index in [1.807, 2.05) is 13.3 Å². The highest BCUT2D eigenvalue weighted by molar-refractivity contribution is 7.62. The van der Waals surface area contributed by atoms with Gasteiger partial charge in [-0.2, -0.15) is 0 Å². The Morgan fingerprint density at radius 3 is 2.25 bits per heavy atom. The average Bonchev–Trinajstić information content (AvgIpc) is 2.25. The summed E-state index contributed by atoms with van der Waals surface area (Å²) in [7, 11) is -0.517. The predicted octanol–water partition coefficient (Wildman–Crippen LogP) is 0.993. The van der Waals surface area contributed by atoms with Crippen molar-refractivity contribution in [1.82, 2.24) is 9.80 Å². The molecule has 16 heavy (non-hydrogen) atoms. The Labute approximate surface area is 97.1 Å². The summed E-state index contributed by atoms with van der Waals surface area (Å²) in [5.74, 6) is 0. The third kappa shape index (κ3) is 4.54. The number of amides is 1. The molecule has 94 valence electrons. The molecule has 0 aromatic rings. The number of methoxy groups -OCH3 is 1. The quantitative estimate of drug-likeness (QED) is 0.699. The number of ether oxygens (including phenoxy) is 1. The van der Waals surface area contributed by atoms with Gasteiger partial charge in [-0.05, 0) is 13.3 Å². The number of hydrogen-bond donors (Lipinski definition) is 0. The van der Waals surface area contributed by atoms with E-state index >= 15 is 0 Å². The van der Waals surface area contributed by atoms with Gasteiger partial charge in [-0.3, -0.25) is 4.90 Å². The van der Waals surface area contributed by atoms with E-state index < -0.39 is 7.14 Å². The zero-order valence-corrected chi connectivity index (χ0v) is 11.2. The third-order valence-corrected chi connectivity index (χ3v) is 4.04. The van der Waals surface area contributed by atoms with Crippen molar-refractivity contribution in [3.8, 4) is 0 Å². The summed E-state index contributed by atoms with van der Waals surface area (Å²) in [6.07, 6.45) is 0.502. The maximum absolute atomic E-state index is 11.6. The molecule has 0 aliphatic carbocycles. The normalized spacial score (nSPS) is 18.6. The first kappa shape index (κ1) is 13.5. The van der Waals surface area contributed by atoms with Crippen LogP contribution in [-0.4, -0.2) is 75.2 Å². The molecule has 1 aliphatic heterocycles. The van der Waals surface area contributed by atoms with Crippen molar-refractivity contribution in [2.24, 2.45) is 0 Å². The molecule has 0 aromatic carbocycles. The Kier molecular flexibility index (Phi) is 4.81. The molecule has 1 fully saturated rings. The van der Waals surface area contributed by atoms with Crippen LogP contribution in [0.4, 0.5) is 4.79 Å². The van der Waals surface area contributed by atoms with Crippen molar-refractivity contribution in [3.05, 3.63) is 0 Å². The number of piperazine rings is 1. The summed E-state index contributed by atoms with van der Waals surface area (Å²) < 4.78 is 16.2. The lowest BCUT2D eigenvalue weighted by Crippen LogP contribution is -2.49. The molecule has 1 amide bonds. The molecule has 0 bridgehead atoms. The molecule has 0 aromatic heterocycles. The molecule has 0 atom stereocenters. The van der Waals surface area contributed by atoms with Gasteiger partial charge in [0.1, 0.15) is 0 Å². The fourth-order valence-electron chi connectivity index (χ4n) is 1.67. The van der Waals surface area contributed by atoms with Crippen LogP contribution >= 0.6 is 7.14 Å². The number of carbonyl (C=O) groups is 1. The zero-order chi connectivity index (χ0) is 12.2. The maximum atomic E-state index is 11.6. The van der Waals surface area contributed by atoms with Crippen LogP contribution in [0.3, 0.4) is 0 Å². The highest BCUT2D eigenvalue weighted by Gasteiger charge is 2.21. The minimum absolute atomic E-state index is 0.253. The van der Waals surface area contributed by atoms with E-state index in [9.17, 15) is 9.36 Å². The first-order chi connectivity index (χ1) is 7.42. The van der Waals surface area contributed by atoms with E-state index in [-0.39, 0.29) is 6.09 Å². The van der Waals surface area contributed by atoms with E-state index in [0.717, 1.165) is 25.8 Å². The molecule has 0 spiro atoms. The van der Waals surface area contributed by atoms with Gasteiger partial charge < -0.3 is 14.2 Å². The molecule has 6 heteroatoms. The van der Waals surface area contributed by atoms with E-state index in [2.05, 4.69) is 9.64 Å². The summed E-state index contributed by atoms with van der Waals surface area (Å²) in [4.78, 5) is 15.2. The van der Waals surface area contributed by atoms with E-state index in [1.54, 1.807) is 4.90 Å². The van der Waals surface area contributed by atoms with Gasteiger partial charge >= 0.3 is 6.09 Å². The van der Waals surface area contributed by atoms with Crippen LogP contribution in [-0.2, 0) is 9.30 Å². The molecule has 0 N–H and O–H groups in total. The lowest BCUT2D eigenvalue weighted by atomic mass is 10.3. The number of nitrogens with zero attached hydrogens (tertiary/aromatic N) is 2. The van der Waals surface area contributed by atoms with Crippen LogP contribution in [0.15, 0.2) is 0 Å². The Bertz CT molecular complexity index is 282. The van der Waals surface area contributed by atoms with Crippen LogP contribution in [0.2, 0.25) is 0 Å². The van der Waals surface area contributed by atoms with Crippen LogP contribution in [0.1, 0.15) is 0 Å². The third-order valence-electron chi connectivity index (χ3n) is 2.76. The van der Waals surface area contributed by atoms with Gasteiger partial charge in [0.2, 0.25) is 0 Å². The second-order valence-corrected chi connectivity index (χ2v) is 8.19. The molecular formula is C10H21N2O3P. The van der Waals surface area contributed by atoms with Crippen LogP contribution < -0.4 is 0 Å². The number of hydrogen-bond acceptors (Lipinski definition) is 4. The fraction of sp³-hybridized carbons (Fsp3) is 0.900. The van der Waals surface area contributed by atoms with Gasteiger partial charge in [0, 0.05) is 38.9 Å². The number of rotatable bonds is 3. The molecule has 0 radical (unpaired) electrons. The van der Waals surface area contributed by atoms with Gasteiger partial charge in [0.25, 0.3) is 0 Å². The summed E-state index contributed by atoms with van der Waals surface area (Å²) in [6, 6.07) is 0. The largest absolute Gasteiger partial charge is 0.453 e. The second-order valence-electron chi connectivity index (χ2n) is 4.60. The highest BCUT2D eigenvalue weighted by atomic mass is 31.2. The van der Waals surface area contributed by atoms with Gasteiger partial charge in [-0.15, -0.1) is 0 Å². The smallest absolute Gasteiger partial charge is 0.409 e. The van der Waals surface area contributed by atoms with Crippen LogP contribution in [0, 0.1) is 0 Å². The van der Waals surface area contributed by atoms with Crippen molar-refractivity contribution < 1.29 is 14.1 Å². The first-order valence-corrected chi connectivity index (χ1v) is 8.30. The van der Waals surface area contributed by atoms with Crippen molar-refractivity contribution in [1.29, 1.82) is 0 Å². The van der Waals surface area contributed by atoms with Crippen molar-refractivity contribution in [2.75, 3.05) is 59.3 Å². The molecule has 1 saturated heterocycles. The molecular weight excluding hydrogens is 227 g/mol. The van der Waals surface area contributed by atoms with Gasteiger partial charge in [-0.1, -0.05) is 0 Å². The Morgan fingerprint density at radius 1 is 1.25 bits per heavy atom. The monoisotopic (exact) mass is 248 g/mol. The maximum Gasteiger partial charge on any atom is 0.409 e.